The van der Waals surface area contributed by atoms with E-state index in [9.17, 15) is 4.79 Å². The van der Waals surface area contributed by atoms with E-state index in [4.69, 9.17) is 9.73 Å². The maximum Gasteiger partial charge on any atom is 0.409 e. The van der Waals surface area contributed by atoms with E-state index in [0.29, 0.717) is 32.3 Å². The fourth-order valence-corrected chi connectivity index (χ4v) is 3.78. The number of nitrogens with zero attached hydrogens (tertiary/aromatic N) is 4. The van der Waals surface area contributed by atoms with Gasteiger partial charge in [-0.05, 0) is 57.2 Å². The third-order valence-electron chi connectivity index (χ3n) is 5.37. The van der Waals surface area contributed by atoms with Crippen LogP contribution in [0.4, 0.5) is 10.6 Å². The number of pyridine rings is 1. The van der Waals surface area contributed by atoms with Gasteiger partial charge in [-0.25, -0.2) is 14.8 Å². The Labute approximate surface area is 173 Å². The number of ether oxygens (including phenoxy) is 1. The monoisotopic (exact) mass is 402 g/mol. The molecule has 0 aliphatic carbocycles. The van der Waals surface area contributed by atoms with Gasteiger partial charge in [-0.2, -0.15) is 0 Å². The minimum Gasteiger partial charge on any atom is -0.450 e. The van der Waals surface area contributed by atoms with Crippen LogP contribution < -0.4 is 15.5 Å². The standard InChI is InChI=1S/C21H34N6O2/c1-3-22-20(25-18-8-13-27(14-9-18)21(28)29-4-2)24-16-17-7-10-23-19(15-17)26-11-5-6-12-26/h7,10,15,18H,3-6,8-9,11-14,16H2,1-2H3,(H2,22,24,25). The molecule has 2 N–H and O–H groups in total. The van der Waals surface area contributed by atoms with Gasteiger partial charge in [0.2, 0.25) is 0 Å². The molecular weight excluding hydrogens is 368 g/mol. The van der Waals surface area contributed by atoms with Crippen molar-refractivity contribution in [1.29, 1.82) is 0 Å². The summed E-state index contributed by atoms with van der Waals surface area (Å²) >= 11 is 0. The number of aliphatic imine (C=N–C) groups is 1. The number of likely N-dealkylation sites (tertiary alicyclic amines) is 1. The third kappa shape index (κ3) is 6.24. The molecule has 0 aromatic carbocycles. The summed E-state index contributed by atoms with van der Waals surface area (Å²) in [4.78, 5) is 25.3. The molecule has 0 radical (unpaired) electrons. The Balaban J connectivity index is 1.54. The highest BCUT2D eigenvalue weighted by atomic mass is 16.6. The maximum atomic E-state index is 11.9. The molecule has 2 fully saturated rings. The lowest BCUT2D eigenvalue weighted by Gasteiger charge is -2.32. The average molecular weight is 403 g/mol. The molecule has 3 heterocycles. The van der Waals surface area contributed by atoms with Crippen LogP contribution in [0.5, 0.6) is 0 Å². The maximum absolute atomic E-state index is 11.9. The molecule has 160 valence electrons. The smallest absolute Gasteiger partial charge is 0.409 e. The molecule has 8 nitrogen and oxygen atoms in total. The van der Waals surface area contributed by atoms with Gasteiger partial charge >= 0.3 is 6.09 Å². The van der Waals surface area contributed by atoms with Crippen LogP contribution in [0, 0.1) is 0 Å². The van der Waals surface area contributed by atoms with E-state index in [-0.39, 0.29) is 6.09 Å². The number of nitrogens with one attached hydrogen (secondary N) is 2. The van der Waals surface area contributed by atoms with E-state index < -0.39 is 0 Å². The fourth-order valence-electron chi connectivity index (χ4n) is 3.78. The van der Waals surface area contributed by atoms with Gasteiger partial charge in [0.1, 0.15) is 5.82 Å². The van der Waals surface area contributed by atoms with Gasteiger partial charge in [-0.15, -0.1) is 0 Å². The van der Waals surface area contributed by atoms with Gasteiger partial charge in [0.05, 0.1) is 13.2 Å². The summed E-state index contributed by atoms with van der Waals surface area (Å²) in [6, 6.07) is 4.48. The van der Waals surface area contributed by atoms with Gasteiger partial charge in [0.25, 0.3) is 0 Å². The van der Waals surface area contributed by atoms with E-state index in [0.717, 1.165) is 49.8 Å². The summed E-state index contributed by atoms with van der Waals surface area (Å²) in [6.45, 7) is 9.34. The topological polar surface area (TPSA) is 82.1 Å². The van der Waals surface area contributed by atoms with E-state index in [1.165, 1.54) is 12.8 Å². The highest BCUT2D eigenvalue weighted by Crippen LogP contribution is 2.19. The summed E-state index contributed by atoms with van der Waals surface area (Å²) in [6.07, 6.45) is 5.93. The molecule has 2 aliphatic heterocycles. The van der Waals surface area contributed by atoms with Crippen molar-refractivity contribution in [1.82, 2.24) is 20.5 Å². The van der Waals surface area contributed by atoms with Crippen LogP contribution in [0.1, 0.15) is 45.1 Å². The van der Waals surface area contributed by atoms with Crippen molar-refractivity contribution in [3.8, 4) is 0 Å². The number of piperidine rings is 1. The van der Waals surface area contributed by atoms with Crippen molar-refractivity contribution in [3.63, 3.8) is 0 Å². The van der Waals surface area contributed by atoms with Crippen molar-refractivity contribution < 1.29 is 9.53 Å². The zero-order valence-corrected chi connectivity index (χ0v) is 17.7. The molecule has 1 amide bonds. The summed E-state index contributed by atoms with van der Waals surface area (Å²) in [7, 11) is 0. The lowest BCUT2D eigenvalue weighted by Crippen LogP contribution is -2.49. The van der Waals surface area contributed by atoms with Gasteiger partial charge in [0, 0.05) is 45.0 Å². The van der Waals surface area contributed by atoms with Crippen molar-refractivity contribution in [2.45, 2.75) is 52.1 Å². The van der Waals surface area contributed by atoms with Gasteiger partial charge in [-0.1, -0.05) is 0 Å². The first-order chi connectivity index (χ1) is 14.2. The Morgan fingerprint density at radius 2 is 2.00 bits per heavy atom. The summed E-state index contributed by atoms with van der Waals surface area (Å²) in [5, 5.41) is 6.85. The summed E-state index contributed by atoms with van der Waals surface area (Å²) in [5.41, 5.74) is 1.16. The first-order valence-corrected chi connectivity index (χ1v) is 10.9. The molecule has 0 spiro atoms. The second-order valence-electron chi connectivity index (χ2n) is 7.52. The van der Waals surface area contributed by atoms with E-state index >= 15 is 0 Å². The Kier molecular flexibility index (Phi) is 7.95. The molecule has 8 heteroatoms. The quantitative estimate of drug-likeness (QED) is 0.562. The normalized spacial score (nSPS) is 18.1. The van der Waals surface area contributed by atoms with Crippen LogP contribution in [0.15, 0.2) is 23.3 Å². The molecule has 29 heavy (non-hydrogen) atoms. The first kappa shape index (κ1) is 21.2. The molecule has 0 atom stereocenters. The fraction of sp³-hybridized carbons (Fsp3) is 0.667. The van der Waals surface area contributed by atoms with Gasteiger partial charge in [-0.3, -0.25) is 0 Å². The van der Waals surface area contributed by atoms with Crippen LogP contribution in [-0.4, -0.2) is 67.3 Å². The minimum atomic E-state index is -0.210. The van der Waals surface area contributed by atoms with Crippen molar-refractivity contribution in [2.75, 3.05) is 44.2 Å². The molecule has 0 unspecified atom stereocenters. The number of carbonyl (C=O) groups is 1. The molecular formula is C21H34N6O2. The molecule has 2 saturated heterocycles. The second-order valence-corrected chi connectivity index (χ2v) is 7.52. The lowest BCUT2D eigenvalue weighted by molar-refractivity contribution is 0.0963. The predicted molar refractivity (Wildman–Crippen MR) is 115 cm³/mol. The van der Waals surface area contributed by atoms with Gasteiger partial charge < -0.3 is 25.2 Å². The number of guanidine groups is 1. The Bertz CT molecular complexity index is 682. The van der Waals surface area contributed by atoms with Crippen LogP contribution >= 0.6 is 0 Å². The number of amides is 1. The lowest BCUT2D eigenvalue weighted by atomic mass is 10.1. The van der Waals surface area contributed by atoms with Crippen LogP contribution in [0.25, 0.3) is 0 Å². The number of aromatic nitrogens is 1. The van der Waals surface area contributed by atoms with Crippen LogP contribution in [-0.2, 0) is 11.3 Å². The zero-order valence-electron chi connectivity index (χ0n) is 17.7. The number of hydrogen-bond acceptors (Lipinski definition) is 5. The second kappa shape index (κ2) is 10.9. The third-order valence-corrected chi connectivity index (χ3v) is 5.37. The Morgan fingerprint density at radius 3 is 2.69 bits per heavy atom. The molecule has 1 aromatic heterocycles. The first-order valence-electron chi connectivity index (χ1n) is 10.9. The molecule has 0 bridgehead atoms. The molecule has 2 aliphatic rings. The predicted octanol–water partition coefficient (Wildman–Crippen LogP) is 2.36. The minimum absolute atomic E-state index is 0.210. The molecule has 0 saturated carbocycles. The molecule has 1 aromatic rings. The number of rotatable bonds is 6. The van der Waals surface area contributed by atoms with E-state index in [2.05, 4.69) is 33.5 Å². The summed E-state index contributed by atoms with van der Waals surface area (Å²) in [5.74, 6) is 1.88. The number of anilines is 1. The van der Waals surface area contributed by atoms with Crippen LogP contribution in [0.3, 0.4) is 0 Å². The number of hydrogen-bond donors (Lipinski definition) is 2. The van der Waals surface area contributed by atoms with E-state index in [1.807, 2.05) is 19.2 Å². The number of carbonyl (C=O) groups excluding carboxylic acids is 1. The molecule has 3 rings (SSSR count). The largest absolute Gasteiger partial charge is 0.450 e. The SMILES string of the molecule is CCNC(=NCc1ccnc(N2CCCC2)c1)NC1CCN(C(=O)OCC)CC1. The highest BCUT2D eigenvalue weighted by molar-refractivity contribution is 5.80. The Morgan fingerprint density at radius 1 is 1.24 bits per heavy atom. The van der Waals surface area contributed by atoms with E-state index in [1.54, 1.807) is 4.90 Å². The Hall–Kier alpha value is -2.51. The zero-order chi connectivity index (χ0) is 20.5. The highest BCUT2D eigenvalue weighted by Gasteiger charge is 2.24. The van der Waals surface area contributed by atoms with Crippen molar-refractivity contribution in [2.24, 2.45) is 4.99 Å². The summed E-state index contributed by atoms with van der Waals surface area (Å²) < 4.78 is 5.09. The average Bonchev–Trinajstić information content (AvgIpc) is 3.28. The van der Waals surface area contributed by atoms with Crippen molar-refractivity contribution in [3.05, 3.63) is 23.9 Å². The van der Waals surface area contributed by atoms with Crippen molar-refractivity contribution >= 4 is 17.9 Å². The van der Waals surface area contributed by atoms with Gasteiger partial charge in [0.15, 0.2) is 5.96 Å². The van der Waals surface area contributed by atoms with Crippen LogP contribution in [0.2, 0.25) is 0 Å².